The summed E-state index contributed by atoms with van der Waals surface area (Å²) in [5.41, 5.74) is -1.67. The minimum Gasteiger partial charge on any atom is -0.479 e. The lowest BCUT2D eigenvalue weighted by Crippen LogP contribution is -2.46. The topological polar surface area (TPSA) is 81.0 Å². The molecule has 2 unspecified atom stereocenters. The predicted molar refractivity (Wildman–Crippen MR) is 54.5 cm³/mol. The van der Waals surface area contributed by atoms with Crippen LogP contribution in [0, 0.1) is 5.92 Å². The second-order valence-electron chi connectivity index (χ2n) is 4.48. The Balaban J connectivity index is 2.38. The molecule has 1 fully saturated rings. The summed E-state index contributed by atoms with van der Waals surface area (Å²) in [4.78, 5) is 12.6. The van der Waals surface area contributed by atoms with E-state index in [1.807, 2.05) is 4.90 Å². The average molecular weight is 217 g/mol. The second kappa shape index (κ2) is 4.92. The summed E-state index contributed by atoms with van der Waals surface area (Å²) in [6.45, 7) is 3.21. The number of aliphatic hydroxyl groups is 2. The van der Waals surface area contributed by atoms with Crippen molar-refractivity contribution in [3.05, 3.63) is 0 Å². The Morgan fingerprint density at radius 1 is 1.60 bits per heavy atom. The molecule has 1 aliphatic heterocycles. The van der Waals surface area contributed by atoms with Gasteiger partial charge in [0, 0.05) is 19.7 Å². The molecule has 5 nitrogen and oxygen atoms in total. The third-order valence-electron chi connectivity index (χ3n) is 2.90. The number of hydrogen-bond acceptors (Lipinski definition) is 4. The van der Waals surface area contributed by atoms with Crippen LogP contribution in [-0.2, 0) is 4.79 Å². The largest absolute Gasteiger partial charge is 0.479 e. The molecule has 3 N–H and O–H groups in total. The number of likely N-dealkylation sites (tertiary alicyclic amines) is 1. The number of rotatable bonds is 5. The van der Waals surface area contributed by atoms with Gasteiger partial charge in [0.15, 0.2) is 5.60 Å². The lowest BCUT2D eigenvalue weighted by molar-refractivity contribution is -0.158. The standard InChI is InChI=1S/C10H19NO4/c1-10(15,9(13)14)7-11-4-2-8(6-11)3-5-12/h8,12,15H,2-7H2,1H3,(H,13,14). The fourth-order valence-electron chi connectivity index (χ4n) is 1.98. The van der Waals surface area contributed by atoms with Gasteiger partial charge in [-0.25, -0.2) is 4.79 Å². The van der Waals surface area contributed by atoms with Gasteiger partial charge in [-0.05, 0) is 32.2 Å². The van der Waals surface area contributed by atoms with Gasteiger partial charge in [-0.15, -0.1) is 0 Å². The second-order valence-corrected chi connectivity index (χ2v) is 4.48. The van der Waals surface area contributed by atoms with Crippen LogP contribution in [0.1, 0.15) is 19.8 Å². The monoisotopic (exact) mass is 217 g/mol. The maximum Gasteiger partial charge on any atom is 0.336 e. The lowest BCUT2D eigenvalue weighted by atomic mass is 10.1. The maximum absolute atomic E-state index is 10.7. The van der Waals surface area contributed by atoms with Gasteiger partial charge >= 0.3 is 5.97 Å². The van der Waals surface area contributed by atoms with Crippen molar-refractivity contribution in [2.75, 3.05) is 26.2 Å². The van der Waals surface area contributed by atoms with Crippen molar-refractivity contribution in [3.63, 3.8) is 0 Å². The minimum absolute atomic E-state index is 0.157. The molecule has 2 atom stereocenters. The zero-order chi connectivity index (χ0) is 11.5. The highest BCUT2D eigenvalue weighted by Crippen LogP contribution is 2.21. The van der Waals surface area contributed by atoms with Crippen molar-refractivity contribution < 1.29 is 20.1 Å². The summed E-state index contributed by atoms with van der Waals surface area (Å²) in [7, 11) is 0. The number of hydrogen-bond donors (Lipinski definition) is 3. The summed E-state index contributed by atoms with van der Waals surface area (Å²) in [5.74, 6) is -0.757. The van der Waals surface area contributed by atoms with Crippen molar-refractivity contribution >= 4 is 5.97 Å². The fourth-order valence-corrected chi connectivity index (χ4v) is 1.98. The Kier molecular flexibility index (Phi) is 4.07. The van der Waals surface area contributed by atoms with Gasteiger partial charge in [0.25, 0.3) is 0 Å². The lowest BCUT2D eigenvalue weighted by Gasteiger charge is -2.25. The van der Waals surface area contributed by atoms with Gasteiger partial charge in [0.05, 0.1) is 0 Å². The van der Waals surface area contributed by atoms with Crippen molar-refractivity contribution in [1.29, 1.82) is 0 Å². The third kappa shape index (κ3) is 3.44. The molecule has 1 heterocycles. The van der Waals surface area contributed by atoms with Crippen LogP contribution in [0.2, 0.25) is 0 Å². The molecule has 0 aromatic heterocycles. The molecule has 0 spiro atoms. The molecule has 0 aromatic carbocycles. The van der Waals surface area contributed by atoms with Crippen LogP contribution < -0.4 is 0 Å². The molecular formula is C10H19NO4. The smallest absolute Gasteiger partial charge is 0.336 e. The van der Waals surface area contributed by atoms with E-state index in [0.717, 1.165) is 25.9 Å². The molecule has 5 heteroatoms. The van der Waals surface area contributed by atoms with Crippen LogP contribution in [0.15, 0.2) is 0 Å². The normalized spacial score (nSPS) is 26.5. The number of aliphatic hydroxyl groups excluding tert-OH is 1. The molecule has 0 radical (unpaired) electrons. The van der Waals surface area contributed by atoms with Crippen LogP contribution in [-0.4, -0.2) is 58.0 Å². The molecule has 0 amide bonds. The summed E-state index contributed by atoms with van der Waals surface area (Å²) in [6.07, 6.45) is 1.72. The molecule has 1 aliphatic rings. The van der Waals surface area contributed by atoms with Crippen LogP contribution in [0.3, 0.4) is 0 Å². The molecule has 0 aliphatic carbocycles. The van der Waals surface area contributed by atoms with Gasteiger partial charge in [-0.3, -0.25) is 4.90 Å². The van der Waals surface area contributed by atoms with E-state index in [9.17, 15) is 9.90 Å². The SMILES string of the molecule is CC(O)(CN1CCC(CCO)C1)C(=O)O. The Morgan fingerprint density at radius 3 is 2.80 bits per heavy atom. The Hall–Kier alpha value is -0.650. The number of carboxylic acid groups (broad SMARTS) is 1. The number of nitrogens with zero attached hydrogens (tertiary/aromatic N) is 1. The molecule has 0 saturated carbocycles. The number of carboxylic acids is 1. The number of aliphatic carboxylic acids is 1. The van der Waals surface area contributed by atoms with Gasteiger partial charge < -0.3 is 15.3 Å². The Bertz CT molecular complexity index is 229. The molecule has 88 valence electrons. The summed E-state index contributed by atoms with van der Waals surface area (Å²) in [5, 5.41) is 27.1. The maximum atomic E-state index is 10.7. The first kappa shape index (κ1) is 12.4. The zero-order valence-corrected chi connectivity index (χ0v) is 9.02. The fraction of sp³-hybridized carbons (Fsp3) is 0.900. The van der Waals surface area contributed by atoms with E-state index in [2.05, 4.69) is 0 Å². The minimum atomic E-state index is -1.67. The van der Waals surface area contributed by atoms with Crippen molar-refractivity contribution in [2.45, 2.75) is 25.4 Å². The van der Waals surface area contributed by atoms with Crippen LogP contribution in [0.5, 0.6) is 0 Å². The molecule has 0 aromatic rings. The van der Waals surface area contributed by atoms with E-state index in [1.54, 1.807) is 0 Å². The molecule has 15 heavy (non-hydrogen) atoms. The highest BCUT2D eigenvalue weighted by Gasteiger charge is 2.34. The quantitative estimate of drug-likeness (QED) is 0.580. The highest BCUT2D eigenvalue weighted by atomic mass is 16.4. The summed E-state index contributed by atoms with van der Waals surface area (Å²) < 4.78 is 0. The van der Waals surface area contributed by atoms with E-state index in [0.29, 0.717) is 5.92 Å². The van der Waals surface area contributed by atoms with Gasteiger partial charge in [0.1, 0.15) is 0 Å². The first-order chi connectivity index (χ1) is 6.95. The van der Waals surface area contributed by atoms with Crippen LogP contribution in [0.25, 0.3) is 0 Å². The van der Waals surface area contributed by atoms with Crippen molar-refractivity contribution in [3.8, 4) is 0 Å². The molecule has 0 bridgehead atoms. The van der Waals surface area contributed by atoms with E-state index in [-0.39, 0.29) is 13.2 Å². The molecule has 1 saturated heterocycles. The Labute approximate surface area is 89.3 Å². The van der Waals surface area contributed by atoms with E-state index in [4.69, 9.17) is 10.2 Å². The van der Waals surface area contributed by atoms with Crippen molar-refractivity contribution in [2.24, 2.45) is 5.92 Å². The third-order valence-corrected chi connectivity index (χ3v) is 2.90. The molecular weight excluding hydrogens is 198 g/mol. The van der Waals surface area contributed by atoms with Crippen LogP contribution in [0.4, 0.5) is 0 Å². The average Bonchev–Trinajstić information content (AvgIpc) is 2.52. The number of carbonyl (C=O) groups is 1. The van der Waals surface area contributed by atoms with Crippen molar-refractivity contribution in [1.82, 2.24) is 4.90 Å². The number of β-amino-alcohol motifs (C(OH)–C–C–N with tert-alkyl or cyclic N) is 1. The highest BCUT2D eigenvalue weighted by molar-refractivity contribution is 5.76. The van der Waals surface area contributed by atoms with E-state index < -0.39 is 11.6 Å². The summed E-state index contributed by atoms with van der Waals surface area (Å²) >= 11 is 0. The first-order valence-electron chi connectivity index (χ1n) is 5.24. The Morgan fingerprint density at radius 2 is 2.27 bits per heavy atom. The first-order valence-corrected chi connectivity index (χ1v) is 5.24. The van der Waals surface area contributed by atoms with Crippen LogP contribution >= 0.6 is 0 Å². The van der Waals surface area contributed by atoms with E-state index >= 15 is 0 Å². The molecule has 1 rings (SSSR count). The predicted octanol–water partition coefficient (Wildman–Crippen LogP) is -0.474. The van der Waals surface area contributed by atoms with E-state index in [1.165, 1.54) is 6.92 Å². The van der Waals surface area contributed by atoms with Gasteiger partial charge in [-0.1, -0.05) is 0 Å². The summed E-state index contributed by atoms with van der Waals surface area (Å²) in [6, 6.07) is 0. The van der Waals surface area contributed by atoms with Gasteiger partial charge in [-0.2, -0.15) is 0 Å². The van der Waals surface area contributed by atoms with Gasteiger partial charge in [0.2, 0.25) is 0 Å². The zero-order valence-electron chi connectivity index (χ0n) is 9.02.